The minimum atomic E-state index is -1.33. The van der Waals surface area contributed by atoms with E-state index in [0.717, 1.165) is 35.5 Å². The maximum absolute atomic E-state index is 2.71. The molecule has 0 aromatic heterocycles. The SMILES string of the molecule is C[Si](C)(C)/C(=C(/C1CCC(C2CCCCC2)CC1)[Si](C)(C)C)C1CCC(C2CCCCC2)CC1. The van der Waals surface area contributed by atoms with Crippen LogP contribution in [0.15, 0.2) is 10.4 Å². The molecule has 0 aromatic carbocycles. The molecule has 0 radical (unpaired) electrons. The van der Waals surface area contributed by atoms with Gasteiger partial charge in [0.1, 0.15) is 0 Å². The molecule has 0 aliphatic heterocycles. The topological polar surface area (TPSA) is 0 Å². The molecule has 0 unspecified atom stereocenters. The molecule has 4 aliphatic carbocycles. The van der Waals surface area contributed by atoms with E-state index in [4.69, 9.17) is 0 Å². The van der Waals surface area contributed by atoms with E-state index in [1.54, 1.807) is 51.4 Å². The Morgan fingerprint density at radius 1 is 0.353 bits per heavy atom. The lowest BCUT2D eigenvalue weighted by molar-refractivity contribution is 0.174. The van der Waals surface area contributed by atoms with Crippen molar-refractivity contribution in [2.45, 2.75) is 155 Å². The highest BCUT2D eigenvalue weighted by atomic mass is 28.3. The zero-order chi connectivity index (χ0) is 24.3. The van der Waals surface area contributed by atoms with E-state index in [-0.39, 0.29) is 0 Å². The Morgan fingerprint density at radius 3 is 0.882 bits per heavy atom. The van der Waals surface area contributed by atoms with Gasteiger partial charge < -0.3 is 0 Å². The van der Waals surface area contributed by atoms with E-state index in [0.29, 0.717) is 0 Å². The molecule has 0 amide bonds. The quantitative estimate of drug-likeness (QED) is 0.318. The third-order valence-corrected chi connectivity index (χ3v) is 15.7. The highest BCUT2D eigenvalue weighted by Crippen LogP contribution is 2.49. The Hall–Kier alpha value is 0.174. The van der Waals surface area contributed by atoms with Crippen molar-refractivity contribution in [2.24, 2.45) is 35.5 Å². The van der Waals surface area contributed by atoms with E-state index >= 15 is 0 Å². The van der Waals surface area contributed by atoms with Crippen LogP contribution in [0.5, 0.6) is 0 Å². The van der Waals surface area contributed by atoms with Crippen molar-refractivity contribution in [3.05, 3.63) is 10.4 Å². The van der Waals surface area contributed by atoms with Gasteiger partial charge in [0, 0.05) is 0 Å². The number of hydrogen-bond donors (Lipinski definition) is 0. The van der Waals surface area contributed by atoms with Gasteiger partial charge in [-0.25, -0.2) is 0 Å². The first-order chi connectivity index (χ1) is 16.1. The van der Waals surface area contributed by atoms with Gasteiger partial charge in [-0.3, -0.25) is 0 Å². The summed E-state index contributed by atoms with van der Waals surface area (Å²) in [5.74, 6) is 6.20. The molecule has 2 heteroatoms. The fourth-order valence-corrected chi connectivity index (χ4v) is 16.7. The third-order valence-electron chi connectivity index (χ3n) is 10.9. The van der Waals surface area contributed by atoms with Gasteiger partial charge in [-0.1, -0.05) is 114 Å². The van der Waals surface area contributed by atoms with E-state index < -0.39 is 16.1 Å². The van der Waals surface area contributed by atoms with Crippen LogP contribution in [0.4, 0.5) is 0 Å². The third kappa shape index (κ3) is 6.73. The minimum Gasteiger partial charge on any atom is -0.0822 e. The van der Waals surface area contributed by atoms with E-state index in [2.05, 4.69) is 49.7 Å². The van der Waals surface area contributed by atoms with Gasteiger partial charge in [0.25, 0.3) is 0 Å². The van der Waals surface area contributed by atoms with Crippen LogP contribution in [-0.2, 0) is 0 Å². The van der Waals surface area contributed by atoms with Crippen molar-refractivity contribution in [3.8, 4) is 0 Å². The average Bonchev–Trinajstić information content (AvgIpc) is 2.82. The summed E-state index contributed by atoms with van der Waals surface area (Å²) >= 11 is 0. The largest absolute Gasteiger partial charge is 0.0822 e. The summed E-state index contributed by atoms with van der Waals surface area (Å²) in [5, 5.41) is 4.24. The summed E-state index contributed by atoms with van der Waals surface area (Å²) in [7, 11) is -2.65. The maximum Gasteiger partial charge on any atom is 0.0722 e. The van der Waals surface area contributed by atoms with E-state index in [1.165, 1.54) is 64.2 Å². The second-order valence-corrected chi connectivity index (χ2v) is 25.4. The van der Waals surface area contributed by atoms with Crippen molar-refractivity contribution >= 4 is 16.1 Å². The van der Waals surface area contributed by atoms with Crippen LogP contribution in [0.3, 0.4) is 0 Å². The van der Waals surface area contributed by atoms with Crippen molar-refractivity contribution in [1.82, 2.24) is 0 Å². The molecule has 0 N–H and O–H groups in total. The first-order valence-electron chi connectivity index (χ1n) is 15.9. The van der Waals surface area contributed by atoms with Crippen molar-refractivity contribution in [3.63, 3.8) is 0 Å². The number of allylic oxidation sites excluding steroid dienone is 2. The molecule has 4 rings (SSSR count). The zero-order valence-corrected chi connectivity index (χ0v) is 26.2. The van der Waals surface area contributed by atoms with Crippen LogP contribution in [0, 0.1) is 35.5 Å². The first-order valence-corrected chi connectivity index (χ1v) is 22.9. The van der Waals surface area contributed by atoms with Gasteiger partial charge in [0.05, 0.1) is 16.1 Å². The summed E-state index contributed by atoms with van der Waals surface area (Å²) in [4.78, 5) is 0. The summed E-state index contributed by atoms with van der Waals surface area (Å²) < 4.78 is 0. The second-order valence-electron chi connectivity index (χ2n) is 15.3. The zero-order valence-electron chi connectivity index (χ0n) is 24.2. The molecule has 34 heavy (non-hydrogen) atoms. The summed E-state index contributed by atoms with van der Waals surface area (Å²) in [6, 6.07) is 0. The lowest BCUT2D eigenvalue weighted by atomic mass is 9.69. The molecule has 196 valence electrons. The Labute approximate surface area is 216 Å². The Kier molecular flexibility index (Phi) is 9.37. The van der Waals surface area contributed by atoms with Crippen LogP contribution < -0.4 is 0 Å². The lowest BCUT2D eigenvalue weighted by Gasteiger charge is -2.45. The lowest BCUT2D eigenvalue weighted by Crippen LogP contribution is -2.42. The monoisotopic (exact) mass is 500 g/mol. The molecule has 0 nitrogen and oxygen atoms in total. The van der Waals surface area contributed by atoms with E-state index in [9.17, 15) is 0 Å². The average molecular weight is 501 g/mol. The van der Waals surface area contributed by atoms with Gasteiger partial charge in [-0.15, -0.1) is 0 Å². The van der Waals surface area contributed by atoms with Crippen LogP contribution >= 0.6 is 0 Å². The van der Waals surface area contributed by atoms with Gasteiger partial charge in [-0.2, -0.15) is 0 Å². The van der Waals surface area contributed by atoms with Crippen molar-refractivity contribution < 1.29 is 0 Å². The van der Waals surface area contributed by atoms with Gasteiger partial charge in [0.2, 0.25) is 0 Å². The number of hydrogen-bond acceptors (Lipinski definition) is 0. The molecule has 4 aliphatic rings. The predicted octanol–water partition coefficient (Wildman–Crippen LogP) is 10.8. The maximum atomic E-state index is 2.71. The Morgan fingerprint density at radius 2 is 0.618 bits per heavy atom. The molecule has 4 fully saturated rings. The molecular weight excluding hydrogens is 441 g/mol. The standard InChI is InChI=1S/C32H60Si2/c1-33(2,3)31(29-21-17-27(18-22-29)25-13-9-7-10-14-25)32(34(4,5)6)30-23-19-28(20-24-30)26-15-11-8-12-16-26/h25-30H,7-24H2,1-6H3/b32-31-. The summed E-state index contributed by atoms with van der Waals surface area (Å²) in [6.07, 6.45) is 27.7. The molecular formula is C32H60Si2. The highest BCUT2D eigenvalue weighted by molar-refractivity contribution is 6.89. The van der Waals surface area contributed by atoms with Gasteiger partial charge in [-0.05, 0) is 86.9 Å². The molecule has 4 saturated carbocycles. The van der Waals surface area contributed by atoms with E-state index in [1.807, 2.05) is 0 Å². The van der Waals surface area contributed by atoms with Crippen LogP contribution in [0.2, 0.25) is 39.3 Å². The molecule has 0 heterocycles. The van der Waals surface area contributed by atoms with Crippen LogP contribution in [-0.4, -0.2) is 16.1 Å². The van der Waals surface area contributed by atoms with Crippen molar-refractivity contribution in [1.29, 1.82) is 0 Å². The van der Waals surface area contributed by atoms with Crippen LogP contribution in [0.1, 0.15) is 116 Å². The minimum absolute atomic E-state index is 0.948. The number of rotatable bonds is 6. The van der Waals surface area contributed by atoms with Gasteiger partial charge in [0.15, 0.2) is 0 Å². The summed E-state index contributed by atoms with van der Waals surface area (Å²) in [5.41, 5.74) is 0. The normalized spacial score (nSPS) is 34.1. The highest BCUT2D eigenvalue weighted by Gasteiger charge is 2.41. The van der Waals surface area contributed by atoms with Crippen molar-refractivity contribution in [2.75, 3.05) is 0 Å². The van der Waals surface area contributed by atoms with Crippen LogP contribution in [0.25, 0.3) is 0 Å². The molecule has 0 spiro atoms. The smallest absolute Gasteiger partial charge is 0.0722 e. The second kappa shape index (κ2) is 11.7. The Balaban J connectivity index is 1.50. The Bertz CT molecular complexity index is 592. The molecule has 0 saturated heterocycles. The summed E-state index contributed by atoms with van der Waals surface area (Å²) in [6.45, 7) is 16.3. The molecule has 0 atom stereocenters. The molecule has 0 bridgehead atoms. The fraction of sp³-hybridized carbons (Fsp3) is 0.938. The molecule has 0 aromatic rings. The first kappa shape index (κ1) is 27.2. The fourth-order valence-electron chi connectivity index (χ4n) is 9.44. The van der Waals surface area contributed by atoms with Gasteiger partial charge >= 0.3 is 0 Å². The predicted molar refractivity (Wildman–Crippen MR) is 158 cm³/mol.